The summed E-state index contributed by atoms with van der Waals surface area (Å²) in [6.45, 7) is 15.8. The number of hydrogen-bond acceptors (Lipinski definition) is 4. The van der Waals surface area contributed by atoms with Gasteiger partial charge in [-0.05, 0) is 78.8 Å². The number of likely N-dealkylation sites (tertiary alicyclic amines) is 2. The smallest absolute Gasteiger partial charge is 0.410 e. The molecule has 3 unspecified atom stereocenters. The largest absolute Gasteiger partial charge is 0.444 e. The molecule has 2 rings (SSSR count). The minimum Gasteiger partial charge on any atom is -0.444 e. The maximum Gasteiger partial charge on any atom is 0.410 e. The lowest BCUT2D eigenvalue weighted by Gasteiger charge is -2.37. The van der Waals surface area contributed by atoms with Crippen LogP contribution in [-0.2, 0) is 4.74 Å². The molecule has 0 bridgehead atoms. The van der Waals surface area contributed by atoms with Crippen molar-refractivity contribution in [2.75, 3.05) is 32.7 Å². The first-order valence-corrected chi connectivity index (χ1v) is 10.3. The summed E-state index contributed by atoms with van der Waals surface area (Å²) in [5, 5.41) is 3.73. The lowest BCUT2D eigenvalue weighted by atomic mass is 9.91. The van der Waals surface area contributed by atoms with Gasteiger partial charge in [-0.3, -0.25) is 0 Å². The summed E-state index contributed by atoms with van der Waals surface area (Å²) in [4.78, 5) is 16.9. The summed E-state index contributed by atoms with van der Waals surface area (Å²) in [6.07, 6.45) is 5.86. The Labute approximate surface area is 154 Å². The molecule has 0 aromatic heterocycles. The van der Waals surface area contributed by atoms with Crippen molar-refractivity contribution in [3.8, 4) is 0 Å². The molecule has 2 aliphatic heterocycles. The van der Waals surface area contributed by atoms with Gasteiger partial charge < -0.3 is 19.9 Å². The zero-order chi connectivity index (χ0) is 18.4. The van der Waals surface area contributed by atoms with E-state index in [1.54, 1.807) is 0 Å². The first-order chi connectivity index (χ1) is 11.8. The van der Waals surface area contributed by atoms with Crippen molar-refractivity contribution >= 4 is 6.09 Å². The zero-order valence-electron chi connectivity index (χ0n) is 17.0. The van der Waals surface area contributed by atoms with E-state index in [9.17, 15) is 4.79 Å². The van der Waals surface area contributed by atoms with E-state index >= 15 is 0 Å². The van der Waals surface area contributed by atoms with Crippen LogP contribution in [0.5, 0.6) is 0 Å². The molecule has 0 aliphatic carbocycles. The van der Waals surface area contributed by atoms with Gasteiger partial charge in [0.05, 0.1) is 0 Å². The maximum atomic E-state index is 12.4. The molecule has 3 atom stereocenters. The highest BCUT2D eigenvalue weighted by Gasteiger charge is 2.33. The SMILES string of the molecule is CCCN1CCCC(C(C)NCC2CCCN2C(=O)OC(C)(C)C)C1. The Morgan fingerprint density at radius 1 is 1.24 bits per heavy atom. The molecule has 2 saturated heterocycles. The van der Waals surface area contributed by atoms with Gasteiger partial charge in [0.2, 0.25) is 0 Å². The molecular formula is C20H39N3O2. The fraction of sp³-hybridized carbons (Fsp3) is 0.950. The lowest BCUT2D eigenvalue weighted by molar-refractivity contribution is 0.0222. The van der Waals surface area contributed by atoms with Crippen molar-refractivity contribution < 1.29 is 9.53 Å². The molecule has 1 N–H and O–H groups in total. The molecule has 0 radical (unpaired) electrons. The van der Waals surface area contributed by atoms with E-state index in [4.69, 9.17) is 4.74 Å². The van der Waals surface area contributed by atoms with Gasteiger partial charge in [-0.2, -0.15) is 0 Å². The van der Waals surface area contributed by atoms with Gasteiger partial charge in [0.1, 0.15) is 5.60 Å². The van der Waals surface area contributed by atoms with Gasteiger partial charge in [-0.15, -0.1) is 0 Å². The number of rotatable bonds is 6. The van der Waals surface area contributed by atoms with E-state index in [0.29, 0.717) is 6.04 Å². The van der Waals surface area contributed by atoms with Crippen LogP contribution in [0.2, 0.25) is 0 Å². The van der Waals surface area contributed by atoms with Crippen LogP contribution in [0.15, 0.2) is 0 Å². The Morgan fingerprint density at radius 2 is 1.96 bits per heavy atom. The van der Waals surface area contributed by atoms with Gasteiger partial charge in [0, 0.05) is 31.7 Å². The minimum atomic E-state index is -0.421. The van der Waals surface area contributed by atoms with Crippen LogP contribution < -0.4 is 5.32 Å². The van der Waals surface area contributed by atoms with Gasteiger partial charge in [0.15, 0.2) is 0 Å². The quantitative estimate of drug-likeness (QED) is 0.794. The molecule has 25 heavy (non-hydrogen) atoms. The highest BCUT2D eigenvalue weighted by molar-refractivity contribution is 5.69. The highest BCUT2D eigenvalue weighted by Crippen LogP contribution is 2.23. The first-order valence-electron chi connectivity index (χ1n) is 10.3. The number of nitrogens with zero attached hydrogens (tertiary/aromatic N) is 2. The molecule has 0 aromatic rings. The van der Waals surface area contributed by atoms with Crippen LogP contribution in [0.3, 0.4) is 0 Å². The van der Waals surface area contributed by atoms with E-state index in [2.05, 4.69) is 24.1 Å². The summed E-state index contributed by atoms with van der Waals surface area (Å²) < 4.78 is 5.57. The van der Waals surface area contributed by atoms with Crippen LogP contribution in [0.25, 0.3) is 0 Å². The number of piperidine rings is 1. The van der Waals surface area contributed by atoms with E-state index in [1.807, 2.05) is 25.7 Å². The molecule has 146 valence electrons. The van der Waals surface area contributed by atoms with Crippen molar-refractivity contribution in [2.24, 2.45) is 5.92 Å². The second-order valence-electron chi connectivity index (χ2n) is 8.87. The normalized spacial score (nSPS) is 26.7. The van der Waals surface area contributed by atoms with E-state index in [1.165, 1.54) is 38.9 Å². The topological polar surface area (TPSA) is 44.8 Å². The van der Waals surface area contributed by atoms with Gasteiger partial charge in [-0.1, -0.05) is 6.92 Å². The van der Waals surface area contributed by atoms with Crippen molar-refractivity contribution in [3.05, 3.63) is 0 Å². The zero-order valence-corrected chi connectivity index (χ0v) is 17.0. The fourth-order valence-corrected chi connectivity index (χ4v) is 4.12. The van der Waals surface area contributed by atoms with E-state index in [-0.39, 0.29) is 12.1 Å². The standard InChI is InChI=1S/C20H39N3O2/c1-6-11-22-12-7-9-17(15-22)16(2)21-14-18-10-8-13-23(18)19(24)25-20(3,4)5/h16-18,21H,6-15H2,1-5H3. The molecule has 2 heterocycles. The third-order valence-corrected chi connectivity index (χ3v) is 5.47. The summed E-state index contributed by atoms with van der Waals surface area (Å²) in [6, 6.07) is 0.772. The third kappa shape index (κ3) is 6.45. The van der Waals surface area contributed by atoms with Crippen LogP contribution in [0, 0.1) is 5.92 Å². The summed E-state index contributed by atoms with van der Waals surface area (Å²) in [5.41, 5.74) is -0.421. The Bertz CT molecular complexity index is 420. The number of nitrogens with one attached hydrogen (secondary N) is 1. The Kier molecular flexibility index (Phi) is 7.56. The number of carbonyl (C=O) groups excluding carboxylic acids is 1. The summed E-state index contributed by atoms with van der Waals surface area (Å²) in [5.74, 6) is 0.719. The molecule has 5 nitrogen and oxygen atoms in total. The molecule has 0 spiro atoms. The molecule has 0 saturated carbocycles. The Morgan fingerprint density at radius 3 is 2.64 bits per heavy atom. The van der Waals surface area contributed by atoms with Crippen LogP contribution in [0.4, 0.5) is 4.79 Å². The van der Waals surface area contributed by atoms with E-state index in [0.717, 1.165) is 31.8 Å². The van der Waals surface area contributed by atoms with Crippen LogP contribution >= 0.6 is 0 Å². The van der Waals surface area contributed by atoms with Gasteiger partial charge >= 0.3 is 6.09 Å². The van der Waals surface area contributed by atoms with Gasteiger partial charge in [-0.25, -0.2) is 4.79 Å². The molecular weight excluding hydrogens is 314 g/mol. The average Bonchev–Trinajstić information content (AvgIpc) is 3.00. The maximum absolute atomic E-state index is 12.4. The number of hydrogen-bond donors (Lipinski definition) is 1. The summed E-state index contributed by atoms with van der Waals surface area (Å²) >= 11 is 0. The lowest BCUT2D eigenvalue weighted by Crippen LogP contribution is -2.49. The predicted molar refractivity (Wildman–Crippen MR) is 103 cm³/mol. The Hall–Kier alpha value is -0.810. The number of carbonyl (C=O) groups is 1. The van der Waals surface area contributed by atoms with Crippen molar-refractivity contribution in [3.63, 3.8) is 0 Å². The summed E-state index contributed by atoms with van der Waals surface area (Å²) in [7, 11) is 0. The van der Waals surface area contributed by atoms with Crippen LogP contribution in [0.1, 0.15) is 66.7 Å². The second kappa shape index (κ2) is 9.22. The molecule has 0 aromatic carbocycles. The monoisotopic (exact) mass is 353 g/mol. The highest BCUT2D eigenvalue weighted by atomic mass is 16.6. The van der Waals surface area contributed by atoms with E-state index < -0.39 is 5.60 Å². The van der Waals surface area contributed by atoms with Crippen LogP contribution in [-0.4, -0.2) is 66.3 Å². The molecule has 1 amide bonds. The van der Waals surface area contributed by atoms with Crippen molar-refractivity contribution in [2.45, 2.75) is 84.4 Å². The second-order valence-corrected chi connectivity index (χ2v) is 8.87. The number of amides is 1. The first kappa shape index (κ1) is 20.5. The Balaban J connectivity index is 1.80. The minimum absolute atomic E-state index is 0.156. The molecule has 5 heteroatoms. The van der Waals surface area contributed by atoms with Gasteiger partial charge in [0.25, 0.3) is 0 Å². The fourth-order valence-electron chi connectivity index (χ4n) is 4.12. The van der Waals surface area contributed by atoms with Crippen molar-refractivity contribution in [1.82, 2.24) is 15.1 Å². The molecule has 2 aliphatic rings. The average molecular weight is 354 g/mol. The van der Waals surface area contributed by atoms with Crippen molar-refractivity contribution in [1.29, 1.82) is 0 Å². The third-order valence-electron chi connectivity index (χ3n) is 5.47. The molecule has 2 fully saturated rings. The predicted octanol–water partition coefficient (Wildman–Crippen LogP) is 3.49. The number of ether oxygens (including phenoxy) is 1.